The second-order valence-corrected chi connectivity index (χ2v) is 8.52. The Morgan fingerprint density at radius 2 is 1.81 bits per heavy atom. The van der Waals surface area contributed by atoms with E-state index in [1.54, 1.807) is 11.3 Å². The van der Waals surface area contributed by atoms with Gasteiger partial charge in [0.2, 0.25) is 5.91 Å². The number of carbonyl (C=O) groups is 1. The van der Waals surface area contributed by atoms with Crippen molar-refractivity contribution in [2.75, 3.05) is 29.1 Å². The molecule has 138 valence electrons. The summed E-state index contributed by atoms with van der Waals surface area (Å²) < 4.78 is 0.911. The predicted octanol–water partition coefficient (Wildman–Crippen LogP) is 5.14. The Kier molecular flexibility index (Phi) is 5.75. The molecule has 0 atom stereocenters. The fourth-order valence-corrected chi connectivity index (χ4v) is 4.76. The van der Waals surface area contributed by atoms with Crippen LogP contribution in [0.4, 0.5) is 11.4 Å². The van der Waals surface area contributed by atoms with Crippen LogP contribution in [0.2, 0.25) is 0 Å². The van der Waals surface area contributed by atoms with Crippen molar-refractivity contribution in [2.45, 2.75) is 17.2 Å². The van der Waals surface area contributed by atoms with Crippen molar-refractivity contribution in [1.82, 2.24) is 4.98 Å². The summed E-state index contributed by atoms with van der Waals surface area (Å²) in [4.78, 5) is 19.2. The minimum Gasteiger partial charge on any atom is -0.372 e. The third-order valence-corrected chi connectivity index (χ3v) is 6.52. The summed E-state index contributed by atoms with van der Waals surface area (Å²) >= 11 is 3.05. The van der Waals surface area contributed by atoms with Crippen molar-refractivity contribution in [3.63, 3.8) is 0 Å². The van der Waals surface area contributed by atoms with E-state index >= 15 is 0 Å². The summed E-state index contributed by atoms with van der Waals surface area (Å²) in [7, 11) is 0. The first-order chi connectivity index (χ1) is 13.3. The first kappa shape index (κ1) is 18.1. The molecule has 4 nitrogen and oxygen atoms in total. The van der Waals surface area contributed by atoms with E-state index in [-0.39, 0.29) is 5.91 Å². The highest BCUT2D eigenvalue weighted by molar-refractivity contribution is 8.01. The maximum absolute atomic E-state index is 12.2. The Morgan fingerprint density at radius 3 is 2.56 bits per heavy atom. The number of hydrogen-bond donors (Lipinski definition) is 1. The van der Waals surface area contributed by atoms with E-state index in [0.29, 0.717) is 5.75 Å². The van der Waals surface area contributed by atoms with E-state index < -0.39 is 0 Å². The number of amides is 1. The molecule has 0 saturated carbocycles. The Hall–Kier alpha value is -2.31. The molecule has 0 unspecified atom stereocenters. The van der Waals surface area contributed by atoms with Crippen LogP contribution in [0.15, 0.2) is 64.3 Å². The van der Waals surface area contributed by atoms with E-state index in [1.165, 1.54) is 30.3 Å². The summed E-state index contributed by atoms with van der Waals surface area (Å²) in [6.07, 6.45) is 2.52. The minimum atomic E-state index is -0.00890. The molecule has 1 amide bonds. The van der Waals surface area contributed by atoms with Crippen molar-refractivity contribution in [3.8, 4) is 11.3 Å². The fraction of sp³-hybridized carbons (Fsp3) is 0.238. The molecule has 4 rings (SSSR count). The smallest absolute Gasteiger partial charge is 0.234 e. The number of carbonyl (C=O) groups excluding carboxylic acids is 1. The zero-order chi connectivity index (χ0) is 18.5. The highest BCUT2D eigenvalue weighted by atomic mass is 32.2. The van der Waals surface area contributed by atoms with Crippen molar-refractivity contribution in [3.05, 3.63) is 60.0 Å². The lowest BCUT2D eigenvalue weighted by Crippen LogP contribution is -2.18. The lowest BCUT2D eigenvalue weighted by molar-refractivity contribution is -0.113. The maximum atomic E-state index is 12.2. The summed E-state index contributed by atoms with van der Waals surface area (Å²) in [5.74, 6) is 0.348. The van der Waals surface area contributed by atoms with Crippen molar-refractivity contribution >= 4 is 40.4 Å². The van der Waals surface area contributed by atoms with Gasteiger partial charge in [-0.25, -0.2) is 4.98 Å². The van der Waals surface area contributed by atoms with Crippen LogP contribution < -0.4 is 10.2 Å². The van der Waals surface area contributed by atoms with Crippen LogP contribution in [0.3, 0.4) is 0 Å². The maximum Gasteiger partial charge on any atom is 0.234 e. The van der Waals surface area contributed by atoms with Crippen molar-refractivity contribution in [1.29, 1.82) is 0 Å². The lowest BCUT2D eigenvalue weighted by atomic mass is 10.2. The van der Waals surface area contributed by atoms with Gasteiger partial charge >= 0.3 is 0 Å². The number of hydrogen-bond acceptors (Lipinski definition) is 5. The summed E-state index contributed by atoms with van der Waals surface area (Å²) in [6.45, 7) is 2.25. The zero-order valence-electron chi connectivity index (χ0n) is 14.9. The second-order valence-electron chi connectivity index (χ2n) is 6.44. The monoisotopic (exact) mass is 395 g/mol. The quantitative estimate of drug-likeness (QED) is 0.587. The molecule has 1 N–H and O–H groups in total. The normalized spacial score (nSPS) is 13.7. The molecule has 1 aliphatic rings. The van der Waals surface area contributed by atoms with E-state index in [0.717, 1.165) is 34.4 Å². The molecule has 3 aromatic rings. The molecule has 2 aromatic carbocycles. The summed E-state index contributed by atoms with van der Waals surface area (Å²) in [5.41, 5.74) is 4.13. The lowest BCUT2D eigenvalue weighted by Gasteiger charge is -2.17. The van der Waals surface area contributed by atoms with Crippen LogP contribution >= 0.6 is 23.1 Å². The van der Waals surface area contributed by atoms with Gasteiger partial charge in [0.15, 0.2) is 4.34 Å². The molecule has 6 heteroatoms. The highest BCUT2D eigenvalue weighted by Crippen LogP contribution is 2.28. The predicted molar refractivity (Wildman–Crippen MR) is 115 cm³/mol. The topological polar surface area (TPSA) is 45.2 Å². The number of nitrogens with one attached hydrogen (secondary N) is 1. The molecule has 0 bridgehead atoms. The molecular weight excluding hydrogens is 374 g/mol. The van der Waals surface area contributed by atoms with Gasteiger partial charge in [-0.2, -0.15) is 0 Å². The van der Waals surface area contributed by atoms with Gasteiger partial charge in [0.1, 0.15) is 0 Å². The van der Waals surface area contributed by atoms with Crippen LogP contribution in [0, 0.1) is 0 Å². The van der Waals surface area contributed by atoms with Gasteiger partial charge in [-0.3, -0.25) is 4.79 Å². The molecule has 0 spiro atoms. The third-order valence-electron chi connectivity index (χ3n) is 4.50. The molecule has 0 radical (unpaired) electrons. The van der Waals surface area contributed by atoms with Gasteiger partial charge in [0, 0.05) is 35.4 Å². The van der Waals surface area contributed by atoms with Gasteiger partial charge in [-0.05, 0) is 37.1 Å². The number of thiazole rings is 1. The SMILES string of the molecule is O=C(CSc1nc(-c2ccccc2)cs1)Nc1ccc(N2CCCC2)cc1. The zero-order valence-corrected chi connectivity index (χ0v) is 16.6. The molecule has 1 saturated heterocycles. The van der Waals surface area contributed by atoms with Crippen LogP contribution in [0.5, 0.6) is 0 Å². The van der Waals surface area contributed by atoms with Crippen LogP contribution in [0.25, 0.3) is 11.3 Å². The van der Waals surface area contributed by atoms with Crippen LogP contribution in [0.1, 0.15) is 12.8 Å². The standard InChI is InChI=1S/C21H21N3OS2/c25-20(22-17-8-10-18(11-9-17)24-12-4-5-13-24)15-27-21-23-19(14-26-21)16-6-2-1-3-7-16/h1-3,6-11,14H,4-5,12-13,15H2,(H,22,25). The number of benzene rings is 2. The van der Waals surface area contributed by atoms with Gasteiger partial charge in [-0.1, -0.05) is 42.1 Å². The molecule has 1 aromatic heterocycles. The molecule has 1 fully saturated rings. The molecule has 1 aliphatic heterocycles. The Balaban J connectivity index is 1.29. The molecule has 27 heavy (non-hydrogen) atoms. The van der Waals surface area contributed by atoms with Gasteiger partial charge in [0.05, 0.1) is 11.4 Å². The average molecular weight is 396 g/mol. The highest BCUT2D eigenvalue weighted by Gasteiger charge is 2.12. The van der Waals surface area contributed by atoms with E-state index in [2.05, 4.69) is 27.3 Å². The number of thioether (sulfide) groups is 1. The number of rotatable bonds is 6. The number of nitrogens with zero attached hydrogens (tertiary/aromatic N) is 2. The molecular formula is C21H21N3OS2. The average Bonchev–Trinajstić information content (AvgIpc) is 3.40. The van der Waals surface area contributed by atoms with E-state index in [9.17, 15) is 4.79 Å². The van der Waals surface area contributed by atoms with E-state index in [1.807, 2.05) is 47.8 Å². The Morgan fingerprint density at radius 1 is 1.07 bits per heavy atom. The van der Waals surface area contributed by atoms with Gasteiger partial charge in [0.25, 0.3) is 0 Å². The van der Waals surface area contributed by atoms with Crippen LogP contribution in [-0.4, -0.2) is 29.7 Å². The van der Waals surface area contributed by atoms with Crippen molar-refractivity contribution < 1.29 is 4.79 Å². The largest absolute Gasteiger partial charge is 0.372 e. The second kappa shape index (κ2) is 8.59. The fourth-order valence-electron chi connectivity index (χ4n) is 3.12. The van der Waals surface area contributed by atoms with Crippen LogP contribution in [-0.2, 0) is 4.79 Å². The number of aromatic nitrogens is 1. The van der Waals surface area contributed by atoms with E-state index in [4.69, 9.17) is 0 Å². The summed E-state index contributed by atoms with van der Waals surface area (Å²) in [6, 6.07) is 18.2. The Bertz CT molecular complexity index is 887. The van der Waals surface area contributed by atoms with Gasteiger partial charge < -0.3 is 10.2 Å². The first-order valence-electron chi connectivity index (χ1n) is 9.06. The minimum absolute atomic E-state index is 0.00890. The molecule has 2 heterocycles. The Labute approximate surface area is 167 Å². The molecule has 0 aliphatic carbocycles. The van der Waals surface area contributed by atoms with Gasteiger partial charge in [-0.15, -0.1) is 11.3 Å². The van der Waals surface area contributed by atoms with Crippen molar-refractivity contribution in [2.24, 2.45) is 0 Å². The first-order valence-corrected chi connectivity index (χ1v) is 10.9. The number of anilines is 2. The summed E-state index contributed by atoms with van der Waals surface area (Å²) in [5, 5.41) is 5.00. The third kappa shape index (κ3) is 4.70.